The minimum Gasteiger partial charge on any atom is -0.322 e. The van der Waals surface area contributed by atoms with Crippen molar-refractivity contribution in [2.75, 3.05) is 0 Å². The molecule has 0 atom stereocenters. The summed E-state index contributed by atoms with van der Waals surface area (Å²) in [5.41, 5.74) is 4.16. The third-order valence-corrected chi connectivity index (χ3v) is 4.64. The van der Waals surface area contributed by atoms with Gasteiger partial charge in [-0.25, -0.2) is 23.7 Å². The van der Waals surface area contributed by atoms with Gasteiger partial charge < -0.3 is 4.57 Å². The maximum Gasteiger partial charge on any atom is 0.178 e. The summed E-state index contributed by atoms with van der Waals surface area (Å²) in [5.74, 6) is -0.497. The Kier molecular flexibility index (Phi) is 3.65. The van der Waals surface area contributed by atoms with Gasteiger partial charge in [0.1, 0.15) is 23.0 Å². The summed E-state index contributed by atoms with van der Waals surface area (Å²) in [6, 6.07) is 7.32. The molecule has 5 aromatic rings. The number of hydrogen-bond acceptors (Lipinski definition) is 4. The molecule has 0 saturated heterocycles. The fourth-order valence-electron chi connectivity index (χ4n) is 3.39. The third-order valence-electron chi connectivity index (χ3n) is 4.64. The van der Waals surface area contributed by atoms with E-state index in [2.05, 4.69) is 19.9 Å². The predicted octanol–water partition coefficient (Wildman–Crippen LogP) is 3.80. The summed E-state index contributed by atoms with van der Waals surface area (Å²) in [6.45, 7) is 2.13. The van der Waals surface area contributed by atoms with Gasteiger partial charge in [0.05, 0.1) is 17.4 Å². The van der Waals surface area contributed by atoms with Crippen molar-refractivity contribution in [2.45, 2.75) is 13.5 Å². The molecule has 0 unspecified atom stereocenters. The lowest BCUT2D eigenvalue weighted by molar-refractivity contribution is 0.577. The molecule has 0 amide bonds. The Morgan fingerprint density at radius 3 is 2.57 bits per heavy atom. The highest BCUT2D eigenvalue weighted by molar-refractivity contribution is 5.77. The number of benzene rings is 1. The zero-order chi connectivity index (χ0) is 19.3. The average molecular weight is 376 g/mol. The van der Waals surface area contributed by atoms with Crippen molar-refractivity contribution in [3.05, 3.63) is 78.1 Å². The number of halogens is 2. The molecule has 6 nitrogen and oxygen atoms in total. The number of aromatic nitrogens is 6. The van der Waals surface area contributed by atoms with Crippen LogP contribution in [-0.2, 0) is 6.54 Å². The number of rotatable bonds is 3. The summed E-state index contributed by atoms with van der Waals surface area (Å²) >= 11 is 0. The summed E-state index contributed by atoms with van der Waals surface area (Å²) < 4.78 is 30.9. The van der Waals surface area contributed by atoms with Gasteiger partial charge in [0, 0.05) is 31.2 Å². The van der Waals surface area contributed by atoms with Gasteiger partial charge >= 0.3 is 0 Å². The van der Waals surface area contributed by atoms with Crippen molar-refractivity contribution in [3.63, 3.8) is 0 Å². The van der Waals surface area contributed by atoms with E-state index in [1.165, 1.54) is 12.1 Å². The molecular weight excluding hydrogens is 362 g/mol. The first-order valence-electron chi connectivity index (χ1n) is 8.65. The van der Waals surface area contributed by atoms with Gasteiger partial charge in [0.15, 0.2) is 11.3 Å². The first-order chi connectivity index (χ1) is 13.6. The fraction of sp³-hybridized carbons (Fsp3) is 0.100. The zero-order valence-corrected chi connectivity index (χ0v) is 14.8. The summed E-state index contributed by atoms with van der Waals surface area (Å²) in [4.78, 5) is 17.6. The first-order valence-corrected chi connectivity index (χ1v) is 8.65. The Hall–Kier alpha value is -3.68. The van der Waals surface area contributed by atoms with Gasteiger partial charge in [-0.15, -0.1) is 0 Å². The molecule has 28 heavy (non-hydrogen) atoms. The lowest BCUT2D eigenvalue weighted by atomic mass is 10.2. The molecule has 0 radical (unpaired) electrons. The van der Waals surface area contributed by atoms with Crippen LogP contribution in [0, 0.1) is 18.6 Å². The molecule has 0 aliphatic carbocycles. The minimum absolute atomic E-state index is 0.286. The Bertz CT molecular complexity index is 1320. The van der Waals surface area contributed by atoms with E-state index in [1.807, 2.05) is 34.4 Å². The highest BCUT2D eigenvalue weighted by Crippen LogP contribution is 2.22. The lowest BCUT2D eigenvalue weighted by Gasteiger charge is -2.09. The van der Waals surface area contributed by atoms with Crippen LogP contribution >= 0.6 is 0 Å². The highest BCUT2D eigenvalue weighted by Gasteiger charge is 2.13. The SMILES string of the molecule is Cc1nc2ncc(-n3ccc4nccnc43)cc2n1Cc1cc(F)cc(F)c1. The van der Waals surface area contributed by atoms with E-state index in [0.29, 0.717) is 17.0 Å². The van der Waals surface area contributed by atoms with Gasteiger partial charge in [-0.05, 0) is 36.8 Å². The largest absolute Gasteiger partial charge is 0.322 e. The van der Waals surface area contributed by atoms with Crippen molar-refractivity contribution in [1.82, 2.24) is 29.1 Å². The van der Waals surface area contributed by atoms with Gasteiger partial charge in [0.25, 0.3) is 0 Å². The molecule has 0 aliphatic heterocycles. The maximum atomic E-state index is 13.6. The highest BCUT2D eigenvalue weighted by atomic mass is 19.1. The van der Waals surface area contributed by atoms with Crippen molar-refractivity contribution < 1.29 is 8.78 Å². The molecule has 1 aromatic carbocycles. The molecular formula is C20H14F2N6. The second-order valence-corrected chi connectivity index (χ2v) is 6.51. The average Bonchev–Trinajstić information content (AvgIpc) is 3.22. The monoisotopic (exact) mass is 376 g/mol. The molecule has 0 fully saturated rings. The van der Waals surface area contributed by atoms with Crippen LogP contribution in [0.1, 0.15) is 11.4 Å². The van der Waals surface area contributed by atoms with E-state index in [1.54, 1.807) is 18.6 Å². The molecule has 8 heteroatoms. The van der Waals surface area contributed by atoms with Gasteiger partial charge in [-0.1, -0.05) is 0 Å². The van der Waals surface area contributed by atoms with E-state index in [9.17, 15) is 8.78 Å². The van der Waals surface area contributed by atoms with Gasteiger partial charge in [0.2, 0.25) is 0 Å². The lowest BCUT2D eigenvalue weighted by Crippen LogP contribution is -2.04. The van der Waals surface area contributed by atoms with Crippen molar-refractivity contribution in [3.8, 4) is 5.69 Å². The first kappa shape index (κ1) is 16.5. The normalized spacial score (nSPS) is 11.5. The molecule has 0 spiro atoms. The quantitative estimate of drug-likeness (QED) is 0.481. The molecule has 5 rings (SSSR count). The van der Waals surface area contributed by atoms with Crippen LogP contribution in [-0.4, -0.2) is 29.1 Å². The zero-order valence-electron chi connectivity index (χ0n) is 14.8. The molecule has 4 aromatic heterocycles. The van der Waals surface area contributed by atoms with E-state index in [4.69, 9.17) is 0 Å². The van der Waals surface area contributed by atoms with Crippen molar-refractivity contribution in [1.29, 1.82) is 0 Å². The van der Waals surface area contributed by atoms with Gasteiger partial charge in [-0.2, -0.15) is 0 Å². The van der Waals surface area contributed by atoms with Crippen LogP contribution in [0.25, 0.3) is 28.0 Å². The van der Waals surface area contributed by atoms with E-state index in [0.717, 1.165) is 28.4 Å². The Morgan fingerprint density at radius 1 is 0.964 bits per heavy atom. The molecule has 138 valence electrons. The van der Waals surface area contributed by atoms with Crippen LogP contribution in [0.2, 0.25) is 0 Å². The summed E-state index contributed by atoms with van der Waals surface area (Å²) in [7, 11) is 0. The molecule has 4 heterocycles. The third kappa shape index (κ3) is 2.70. The Balaban J connectivity index is 1.64. The van der Waals surface area contributed by atoms with Crippen LogP contribution < -0.4 is 0 Å². The van der Waals surface area contributed by atoms with Crippen LogP contribution in [0.5, 0.6) is 0 Å². The van der Waals surface area contributed by atoms with Crippen LogP contribution in [0.15, 0.2) is 55.1 Å². The minimum atomic E-state index is -0.603. The number of imidazole rings is 1. The standard InChI is InChI=1S/C20H14F2N6/c1-12-26-19-18(28(12)11-13-6-14(21)8-15(22)7-13)9-16(10-25-19)27-5-2-17-20(27)24-4-3-23-17/h2-10H,11H2,1H3. The smallest absolute Gasteiger partial charge is 0.178 e. The van der Waals surface area contributed by atoms with Crippen molar-refractivity contribution >= 4 is 22.3 Å². The second-order valence-electron chi connectivity index (χ2n) is 6.51. The molecule has 0 N–H and O–H groups in total. The van der Waals surface area contributed by atoms with Crippen molar-refractivity contribution in [2.24, 2.45) is 0 Å². The molecule has 0 aliphatic rings. The van der Waals surface area contributed by atoms with E-state index >= 15 is 0 Å². The number of nitrogens with zero attached hydrogens (tertiary/aromatic N) is 6. The van der Waals surface area contributed by atoms with E-state index in [-0.39, 0.29) is 6.54 Å². The van der Waals surface area contributed by atoms with Crippen LogP contribution in [0.3, 0.4) is 0 Å². The number of aryl methyl sites for hydroxylation is 1. The molecule has 0 saturated carbocycles. The maximum absolute atomic E-state index is 13.6. The fourth-order valence-corrected chi connectivity index (χ4v) is 3.39. The Labute approximate surface area is 158 Å². The summed E-state index contributed by atoms with van der Waals surface area (Å²) in [5, 5.41) is 0. The Morgan fingerprint density at radius 2 is 1.75 bits per heavy atom. The topological polar surface area (TPSA) is 61.4 Å². The number of fused-ring (bicyclic) bond motifs is 2. The van der Waals surface area contributed by atoms with E-state index < -0.39 is 11.6 Å². The predicted molar refractivity (Wildman–Crippen MR) is 100 cm³/mol. The van der Waals surface area contributed by atoms with Gasteiger partial charge in [-0.3, -0.25) is 9.55 Å². The number of pyridine rings is 1. The number of hydrogen-bond donors (Lipinski definition) is 0. The van der Waals surface area contributed by atoms with Crippen LogP contribution in [0.4, 0.5) is 8.78 Å². The second kappa shape index (κ2) is 6.19. The summed E-state index contributed by atoms with van der Waals surface area (Å²) in [6.07, 6.45) is 6.88. The molecule has 0 bridgehead atoms.